The van der Waals surface area contributed by atoms with Crippen LogP contribution >= 0.6 is 0 Å². The van der Waals surface area contributed by atoms with Gasteiger partial charge in [0, 0.05) is 49.5 Å². The SMILES string of the molecule is C=CCn1nc(C(=O)N2CCN(C)CC2)c2c1CCC(NC1Cc3ccccc3C1)C2. The summed E-state index contributed by atoms with van der Waals surface area (Å²) in [6.07, 6.45) is 7.00. The number of amides is 1. The molecule has 1 saturated heterocycles. The first-order chi connectivity index (χ1) is 15.1. The van der Waals surface area contributed by atoms with E-state index in [2.05, 4.69) is 48.1 Å². The van der Waals surface area contributed by atoms with Crippen molar-refractivity contribution in [1.29, 1.82) is 0 Å². The molecule has 1 aliphatic heterocycles. The molecule has 164 valence electrons. The second-order valence-electron chi connectivity index (χ2n) is 9.32. The Balaban J connectivity index is 1.33. The van der Waals surface area contributed by atoms with Crippen LogP contribution in [0.3, 0.4) is 0 Å². The molecule has 1 aromatic carbocycles. The maximum Gasteiger partial charge on any atom is 0.274 e. The number of carbonyl (C=O) groups excluding carboxylic acids is 1. The highest BCUT2D eigenvalue weighted by molar-refractivity contribution is 5.94. The Kier molecular flexibility index (Phi) is 5.67. The van der Waals surface area contributed by atoms with Crippen molar-refractivity contribution in [3.8, 4) is 0 Å². The Morgan fingerprint density at radius 3 is 2.52 bits per heavy atom. The molecule has 1 N–H and O–H groups in total. The first-order valence-electron chi connectivity index (χ1n) is 11.6. The highest BCUT2D eigenvalue weighted by atomic mass is 16.2. The highest BCUT2D eigenvalue weighted by Gasteiger charge is 2.33. The van der Waals surface area contributed by atoms with Gasteiger partial charge in [0.15, 0.2) is 5.69 Å². The first-order valence-corrected chi connectivity index (χ1v) is 11.6. The minimum Gasteiger partial charge on any atom is -0.335 e. The van der Waals surface area contributed by atoms with Crippen molar-refractivity contribution in [2.75, 3.05) is 33.2 Å². The van der Waals surface area contributed by atoms with Gasteiger partial charge in [-0.1, -0.05) is 30.3 Å². The molecule has 1 fully saturated rings. The smallest absolute Gasteiger partial charge is 0.274 e. The quantitative estimate of drug-likeness (QED) is 0.754. The number of piperazine rings is 1. The van der Waals surface area contributed by atoms with Crippen molar-refractivity contribution in [3.05, 3.63) is 65.0 Å². The third-order valence-corrected chi connectivity index (χ3v) is 7.16. The van der Waals surface area contributed by atoms with Gasteiger partial charge in [-0.15, -0.1) is 6.58 Å². The second kappa shape index (κ2) is 8.60. The summed E-state index contributed by atoms with van der Waals surface area (Å²) in [5, 5.41) is 8.70. The van der Waals surface area contributed by atoms with Gasteiger partial charge in [0.05, 0.1) is 6.54 Å². The van der Waals surface area contributed by atoms with Gasteiger partial charge in [-0.3, -0.25) is 9.48 Å². The van der Waals surface area contributed by atoms with Gasteiger partial charge >= 0.3 is 0 Å². The number of hydrogen-bond donors (Lipinski definition) is 1. The number of nitrogens with one attached hydrogen (secondary N) is 1. The average molecular weight is 420 g/mol. The highest BCUT2D eigenvalue weighted by Crippen LogP contribution is 2.28. The summed E-state index contributed by atoms with van der Waals surface area (Å²) in [5.74, 6) is 0.0982. The topological polar surface area (TPSA) is 53.4 Å². The van der Waals surface area contributed by atoms with Gasteiger partial charge in [0.25, 0.3) is 5.91 Å². The van der Waals surface area contributed by atoms with Crippen molar-refractivity contribution in [3.63, 3.8) is 0 Å². The number of allylic oxidation sites excluding steroid dienone is 1. The standard InChI is InChI=1S/C25H33N5O/c1-3-10-30-23-9-8-20(26-21-15-18-6-4-5-7-19(18)16-21)17-22(23)24(27-30)25(31)29-13-11-28(2)12-14-29/h3-7,20-21,26H,1,8-17H2,2H3. The van der Waals surface area contributed by atoms with Crippen LogP contribution in [0.25, 0.3) is 0 Å². The van der Waals surface area contributed by atoms with Crippen LogP contribution in [0.2, 0.25) is 0 Å². The largest absolute Gasteiger partial charge is 0.335 e. The van der Waals surface area contributed by atoms with Gasteiger partial charge in [-0.2, -0.15) is 5.10 Å². The Bertz CT molecular complexity index is 947. The fraction of sp³-hybridized carbons (Fsp3) is 0.520. The molecule has 5 rings (SSSR count). The molecular formula is C25H33N5O. The average Bonchev–Trinajstić information content (AvgIpc) is 3.35. The Labute approximate surface area is 184 Å². The normalized spacial score (nSPS) is 21.7. The van der Waals surface area contributed by atoms with Crippen LogP contribution in [0.1, 0.15) is 39.3 Å². The molecule has 0 bridgehead atoms. The van der Waals surface area contributed by atoms with Crippen LogP contribution in [0.5, 0.6) is 0 Å². The Hall–Kier alpha value is -2.44. The Morgan fingerprint density at radius 1 is 1.13 bits per heavy atom. The minimum absolute atomic E-state index is 0.0982. The molecule has 2 heterocycles. The second-order valence-corrected chi connectivity index (χ2v) is 9.32. The van der Waals surface area contributed by atoms with Crippen LogP contribution in [-0.2, 0) is 32.2 Å². The summed E-state index contributed by atoms with van der Waals surface area (Å²) < 4.78 is 2.01. The van der Waals surface area contributed by atoms with Gasteiger partial charge in [-0.05, 0) is 50.3 Å². The van der Waals surface area contributed by atoms with Crippen LogP contribution < -0.4 is 5.32 Å². The van der Waals surface area contributed by atoms with Gasteiger partial charge in [0.2, 0.25) is 0 Å². The zero-order chi connectivity index (χ0) is 21.4. The van der Waals surface area contributed by atoms with Gasteiger partial charge in [0.1, 0.15) is 0 Å². The predicted molar refractivity (Wildman–Crippen MR) is 122 cm³/mol. The molecule has 0 spiro atoms. The number of aromatic nitrogens is 2. The Morgan fingerprint density at radius 2 is 1.84 bits per heavy atom. The van der Waals surface area contributed by atoms with E-state index in [0.29, 0.717) is 24.3 Å². The molecule has 1 aromatic heterocycles. The maximum atomic E-state index is 13.4. The molecular weight excluding hydrogens is 386 g/mol. The zero-order valence-electron chi connectivity index (χ0n) is 18.5. The lowest BCUT2D eigenvalue weighted by Crippen LogP contribution is -2.47. The monoisotopic (exact) mass is 419 g/mol. The van der Waals surface area contributed by atoms with E-state index in [0.717, 1.165) is 63.8 Å². The fourth-order valence-corrected chi connectivity index (χ4v) is 5.44. The molecule has 1 atom stereocenters. The van der Waals surface area contributed by atoms with Crippen molar-refractivity contribution >= 4 is 5.91 Å². The van der Waals surface area contributed by atoms with E-state index in [4.69, 9.17) is 5.10 Å². The van der Waals surface area contributed by atoms with Gasteiger partial charge in [-0.25, -0.2) is 0 Å². The van der Waals surface area contributed by atoms with E-state index < -0.39 is 0 Å². The molecule has 31 heavy (non-hydrogen) atoms. The van der Waals surface area contributed by atoms with E-state index in [9.17, 15) is 4.79 Å². The van der Waals surface area contributed by atoms with Gasteiger partial charge < -0.3 is 15.1 Å². The fourth-order valence-electron chi connectivity index (χ4n) is 5.44. The zero-order valence-corrected chi connectivity index (χ0v) is 18.5. The molecule has 2 aromatic rings. The van der Waals surface area contributed by atoms with Crippen molar-refractivity contribution in [2.24, 2.45) is 0 Å². The minimum atomic E-state index is 0.0982. The number of likely N-dealkylation sites (N-methyl/N-ethyl adjacent to an activating group) is 1. The third-order valence-electron chi connectivity index (χ3n) is 7.16. The van der Waals surface area contributed by atoms with Crippen molar-refractivity contribution in [2.45, 2.75) is 50.7 Å². The number of benzene rings is 1. The number of rotatable bonds is 5. The lowest BCUT2D eigenvalue weighted by atomic mass is 9.90. The summed E-state index contributed by atoms with van der Waals surface area (Å²) in [6, 6.07) is 9.66. The lowest BCUT2D eigenvalue weighted by molar-refractivity contribution is 0.0656. The van der Waals surface area contributed by atoms with Crippen LogP contribution in [0.15, 0.2) is 36.9 Å². The molecule has 2 aliphatic carbocycles. The lowest BCUT2D eigenvalue weighted by Gasteiger charge is -2.32. The van der Waals surface area contributed by atoms with Crippen LogP contribution in [0.4, 0.5) is 0 Å². The van der Waals surface area contributed by atoms with Crippen LogP contribution in [-0.4, -0.2) is 70.8 Å². The van der Waals surface area contributed by atoms with E-state index >= 15 is 0 Å². The number of fused-ring (bicyclic) bond motifs is 2. The number of nitrogens with zero attached hydrogens (tertiary/aromatic N) is 4. The summed E-state index contributed by atoms with van der Waals surface area (Å²) in [6.45, 7) is 7.95. The number of hydrogen-bond acceptors (Lipinski definition) is 4. The summed E-state index contributed by atoms with van der Waals surface area (Å²) in [5.41, 5.74) is 6.00. The van der Waals surface area contributed by atoms with Crippen molar-refractivity contribution < 1.29 is 4.79 Å². The van der Waals surface area contributed by atoms with Crippen molar-refractivity contribution in [1.82, 2.24) is 24.9 Å². The molecule has 6 nitrogen and oxygen atoms in total. The summed E-state index contributed by atoms with van der Waals surface area (Å²) >= 11 is 0. The molecule has 1 unspecified atom stereocenters. The summed E-state index contributed by atoms with van der Waals surface area (Å²) in [7, 11) is 2.11. The first kappa shape index (κ1) is 20.5. The molecule has 6 heteroatoms. The number of carbonyl (C=O) groups is 1. The molecule has 0 radical (unpaired) electrons. The third kappa shape index (κ3) is 4.06. The van der Waals surface area contributed by atoms with E-state index in [1.54, 1.807) is 0 Å². The molecule has 0 saturated carbocycles. The van der Waals surface area contributed by atoms with E-state index in [1.165, 1.54) is 16.8 Å². The summed E-state index contributed by atoms with van der Waals surface area (Å²) in [4.78, 5) is 17.6. The van der Waals surface area contributed by atoms with E-state index in [-0.39, 0.29) is 5.91 Å². The van der Waals surface area contributed by atoms with E-state index in [1.807, 2.05) is 15.7 Å². The maximum absolute atomic E-state index is 13.4. The molecule has 1 amide bonds. The predicted octanol–water partition coefficient (Wildman–Crippen LogP) is 2.07. The van der Waals surface area contributed by atoms with Crippen LogP contribution in [0, 0.1) is 0 Å². The molecule has 3 aliphatic rings.